The Bertz CT molecular complexity index is 785. The fourth-order valence-corrected chi connectivity index (χ4v) is 3.22. The molecule has 7 nitrogen and oxygen atoms in total. The number of ether oxygens (including phenoxy) is 2. The van der Waals surface area contributed by atoms with Crippen molar-refractivity contribution >= 4 is 23.2 Å². The molecule has 4 rings (SSSR count). The second kappa shape index (κ2) is 7.84. The molecule has 0 amide bonds. The van der Waals surface area contributed by atoms with E-state index in [0.29, 0.717) is 37.1 Å². The van der Waals surface area contributed by atoms with E-state index < -0.39 is 0 Å². The van der Waals surface area contributed by atoms with Gasteiger partial charge >= 0.3 is 0 Å². The molecule has 0 bridgehead atoms. The van der Waals surface area contributed by atoms with Crippen LogP contribution in [-0.2, 0) is 4.74 Å². The summed E-state index contributed by atoms with van der Waals surface area (Å²) < 4.78 is 11.5. The lowest BCUT2D eigenvalue weighted by molar-refractivity contribution is 0.0705. The Kier molecular flexibility index (Phi) is 5.11. The Hall–Kier alpha value is -2.80. The van der Waals surface area contributed by atoms with E-state index in [4.69, 9.17) is 9.47 Å². The zero-order valence-corrected chi connectivity index (χ0v) is 15.4. The predicted octanol–water partition coefficient (Wildman–Crippen LogP) is 2.53. The molecule has 0 radical (unpaired) electrons. The summed E-state index contributed by atoms with van der Waals surface area (Å²) in [6.45, 7) is 10.5. The number of aliphatic imine (C=N–C) groups is 2. The quantitative estimate of drug-likeness (QED) is 0.632. The number of morpholine rings is 1. The van der Waals surface area contributed by atoms with Gasteiger partial charge in [0, 0.05) is 24.5 Å². The molecule has 1 aromatic carbocycles. The Balaban J connectivity index is 1.50. The van der Waals surface area contributed by atoms with Crippen LogP contribution in [0.1, 0.15) is 12.8 Å². The maximum Gasteiger partial charge on any atom is 0.206 e. The van der Waals surface area contributed by atoms with Gasteiger partial charge in [0.15, 0.2) is 0 Å². The SMILES string of the molecule is C=CN=C(NC(C=C)=NC1CC1)Nc1ccc2c(c1)OCC1COCCN21. The van der Waals surface area contributed by atoms with Gasteiger partial charge in [0.2, 0.25) is 5.96 Å². The molecule has 1 saturated heterocycles. The number of rotatable bonds is 4. The van der Waals surface area contributed by atoms with Gasteiger partial charge < -0.3 is 25.0 Å². The van der Waals surface area contributed by atoms with Crippen molar-refractivity contribution in [2.75, 3.05) is 36.6 Å². The zero-order chi connectivity index (χ0) is 18.6. The van der Waals surface area contributed by atoms with Gasteiger partial charge in [-0.15, -0.1) is 0 Å². The van der Waals surface area contributed by atoms with Crippen molar-refractivity contribution in [3.8, 4) is 5.75 Å². The fraction of sp³-hybridized carbons (Fsp3) is 0.400. The van der Waals surface area contributed by atoms with Crippen LogP contribution in [0.4, 0.5) is 11.4 Å². The summed E-state index contributed by atoms with van der Waals surface area (Å²) in [5, 5.41) is 6.46. The third-order valence-electron chi connectivity index (χ3n) is 4.72. The van der Waals surface area contributed by atoms with Crippen molar-refractivity contribution in [2.45, 2.75) is 24.9 Å². The van der Waals surface area contributed by atoms with Crippen LogP contribution in [0.25, 0.3) is 0 Å². The average molecular weight is 367 g/mol. The summed E-state index contributed by atoms with van der Waals surface area (Å²) in [6, 6.07) is 6.78. The first-order chi connectivity index (χ1) is 13.3. The molecule has 142 valence electrons. The number of guanidine groups is 1. The molecule has 1 saturated carbocycles. The van der Waals surface area contributed by atoms with Crippen LogP contribution in [0, 0.1) is 0 Å². The molecule has 2 aliphatic heterocycles. The third-order valence-corrected chi connectivity index (χ3v) is 4.72. The smallest absolute Gasteiger partial charge is 0.206 e. The zero-order valence-electron chi connectivity index (χ0n) is 15.4. The first-order valence-electron chi connectivity index (χ1n) is 9.31. The number of hydrogen-bond donors (Lipinski definition) is 2. The van der Waals surface area contributed by atoms with Crippen LogP contribution in [0.2, 0.25) is 0 Å². The lowest BCUT2D eigenvalue weighted by atomic mass is 10.1. The van der Waals surface area contributed by atoms with Gasteiger partial charge in [-0.25, -0.2) is 4.99 Å². The van der Waals surface area contributed by atoms with Crippen molar-refractivity contribution in [1.29, 1.82) is 0 Å². The second-order valence-corrected chi connectivity index (χ2v) is 6.78. The van der Waals surface area contributed by atoms with Gasteiger partial charge in [-0.1, -0.05) is 13.2 Å². The van der Waals surface area contributed by atoms with Gasteiger partial charge in [0.05, 0.1) is 31.0 Å². The van der Waals surface area contributed by atoms with E-state index in [9.17, 15) is 0 Å². The molecule has 1 aromatic rings. The summed E-state index contributed by atoms with van der Waals surface area (Å²) in [6.07, 6.45) is 5.45. The summed E-state index contributed by atoms with van der Waals surface area (Å²) in [4.78, 5) is 11.2. The van der Waals surface area contributed by atoms with Crippen LogP contribution in [0.15, 0.2) is 53.6 Å². The Morgan fingerprint density at radius 1 is 1.26 bits per heavy atom. The summed E-state index contributed by atoms with van der Waals surface area (Å²) in [5.41, 5.74) is 1.99. The van der Waals surface area contributed by atoms with Crippen LogP contribution in [0.5, 0.6) is 5.75 Å². The normalized spacial score (nSPS) is 22.2. The summed E-state index contributed by atoms with van der Waals surface area (Å²) >= 11 is 0. The van der Waals surface area contributed by atoms with E-state index in [-0.39, 0.29) is 0 Å². The maximum absolute atomic E-state index is 5.96. The molecule has 2 heterocycles. The molecule has 3 aliphatic rings. The summed E-state index contributed by atoms with van der Waals surface area (Å²) in [7, 11) is 0. The van der Waals surface area contributed by atoms with Crippen molar-refractivity contribution in [1.82, 2.24) is 5.32 Å². The lowest BCUT2D eigenvalue weighted by Gasteiger charge is -2.41. The first kappa shape index (κ1) is 17.6. The molecule has 0 spiro atoms. The number of fused-ring (bicyclic) bond motifs is 3. The van der Waals surface area contributed by atoms with Gasteiger partial charge in [0.25, 0.3) is 0 Å². The molecule has 1 aliphatic carbocycles. The molecule has 27 heavy (non-hydrogen) atoms. The van der Waals surface area contributed by atoms with Gasteiger partial charge in [0.1, 0.15) is 18.2 Å². The minimum Gasteiger partial charge on any atom is -0.489 e. The van der Waals surface area contributed by atoms with E-state index in [0.717, 1.165) is 43.1 Å². The molecule has 2 fully saturated rings. The highest BCUT2D eigenvalue weighted by atomic mass is 16.5. The Morgan fingerprint density at radius 3 is 2.93 bits per heavy atom. The van der Waals surface area contributed by atoms with Gasteiger partial charge in [-0.05, 0) is 31.1 Å². The highest BCUT2D eigenvalue weighted by Gasteiger charge is 2.30. The molecule has 7 heteroatoms. The van der Waals surface area contributed by atoms with E-state index in [1.807, 2.05) is 12.1 Å². The topological polar surface area (TPSA) is 70.5 Å². The number of nitrogens with one attached hydrogen (secondary N) is 2. The van der Waals surface area contributed by atoms with Crippen LogP contribution < -0.4 is 20.3 Å². The molecule has 1 atom stereocenters. The van der Waals surface area contributed by atoms with Crippen molar-refractivity contribution < 1.29 is 9.47 Å². The molecular weight excluding hydrogens is 342 g/mol. The van der Waals surface area contributed by atoms with Crippen molar-refractivity contribution in [3.05, 3.63) is 43.6 Å². The molecule has 1 unspecified atom stereocenters. The average Bonchev–Trinajstić information content (AvgIpc) is 3.51. The highest BCUT2D eigenvalue weighted by molar-refractivity contribution is 6.10. The number of nitrogens with zero attached hydrogens (tertiary/aromatic N) is 3. The van der Waals surface area contributed by atoms with Crippen LogP contribution >= 0.6 is 0 Å². The standard InChI is InChI=1S/C20H25N5O2/c1-3-19(22-14-5-6-14)24-20(21-4-2)23-15-7-8-17-18(11-15)27-13-16-12-26-10-9-25(16)17/h3-4,7-8,11,14,16H,1-2,5-6,9-10,12-13H2,(H2,21,22,23,24). The molecule has 0 aromatic heterocycles. The van der Waals surface area contributed by atoms with Gasteiger partial charge in [-0.3, -0.25) is 4.99 Å². The van der Waals surface area contributed by atoms with E-state index in [1.54, 1.807) is 6.08 Å². The number of benzene rings is 1. The number of anilines is 2. The number of hydrogen-bond acceptors (Lipinski definition) is 5. The second-order valence-electron chi connectivity index (χ2n) is 6.78. The molecule has 2 N–H and O–H groups in total. The minimum atomic E-state index is 0.290. The predicted molar refractivity (Wildman–Crippen MR) is 109 cm³/mol. The summed E-state index contributed by atoms with van der Waals surface area (Å²) in [5.74, 6) is 2.12. The van der Waals surface area contributed by atoms with Gasteiger partial charge in [-0.2, -0.15) is 0 Å². The maximum atomic E-state index is 5.96. The van der Waals surface area contributed by atoms with Crippen LogP contribution in [-0.4, -0.2) is 50.2 Å². The van der Waals surface area contributed by atoms with Crippen LogP contribution in [0.3, 0.4) is 0 Å². The monoisotopic (exact) mass is 367 g/mol. The van der Waals surface area contributed by atoms with E-state index >= 15 is 0 Å². The lowest BCUT2D eigenvalue weighted by Crippen LogP contribution is -2.51. The van der Waals surface area contributed by atoms with Crippen molar-refractivity contribution in [3.63, 3.8) is 0 Å². The minimum absolute atomic E-state index is 0.290. The largest absolute Gasteiger partial charge is 0.489 e. The highest BCUT2D eigenvalue weighted by Crippen LogP contribution is 2.36. The van der Waals surface area contributed by atoms with E-state index in [1.165, 1.54) is 6.20 Å². The Morgan fingerprint density at radius 2 is 2.15 bits per heavy atom. The van der Waals surface area contributed by atoms with Crippen molar-refractivity contribution in [2.24, 2.45) is 9.98 Å². The van der Waals surface area contributed by atoms with E-state index in [2.05, 4.69) is 44.7 Å². The fourth-order valence-electron chi connectivity index (χ4n) is 3.22. The first-order valence-corrected chi connectivity index (χ1v) is 9.31. The Labute approximate surface area is 159 Å². The number of amidine groups is 1. The third kappa shape index (κ3) is 4.14. The molecular formula is C20H25N5O2.